The van der Waals surface area contributed by atoms with Crippen molar-refractivity contribution < 1.29 is 4.79 Å². The van der Waals surface area contributed by atoms with Crippen molar-refractivity contribution in [3.63, 3.8) is 0 Å². The molecule has 2 aromatic heterocycles. The number of carbonyl (C=O) groups excluding carboxylic acids is 1. The third kappa shape index (κ3) is 4.45. The molecule has 4 rings (SSSR count). The first kappa shape index (κ1) is 19.1. The lowest BCUT2D eigenvalue weighted by Crippen LogP contribution is -2.32. The van der Waals surface area contributed by atoms with E-state index < -0.39 is 0 Å². The van der Waals surface area contributed by atoms with Crippen LogP contribution in [0.4, 0.5) is 0 Å². The third-order valence-corrected chi connectivity index (χ3v) is 5.57. The minimum Gasteiger partial charge on any atom is -0.354 e. The molecular formula is C22H25N5O2. The Morgan fingerprint density at radius 2 is 2.03 bits per heavy atom. The summed E-state index contributed by atoms with van der Waals surface area (Å²) in [5.41, 5.74) is 2.53. The molecule has 1 aliphatic rings. The number of imidazole rings is 1. The molecule has 2 N–H and O–H groups in total. The van der Waals surface area contributed by atoms with Crippen molar-refractivity contribution in [2.75, 3.05) is 6.54 Å². The molecule has 3 aromatic rings. The first-order valence-electron chi connectivity index (χ1n) is 10.0. The third-order valence-electron chi connectivity index (χ3n) is 5.57. The van der Waals surface area contributed by atoms with Gasteiger partial charge in [-0.1, -0.05) is 30.3 Å². The number of carbonyl (C=O) groups is 1. The number of nitrogens with one attached hydrogen (secondary N) is 2. The maximum atomic E-state index is 12.6. The first-order valence-corrected chi connectivity index (χ1v) is 10.0. The van der Waals surface area contributed by atoms with Gasteiger partial charge < -0.3 is 14.9 Å². The standard InChI is InChI=1S/C22H25N5O2/c1-15-23-11-12-27(15)14-20(28)24-13-16-7-9-18-19(10-8-16)25-21(26-22(18)29)17-5-3-2-4-6-17/h2-6,11-12,16H,7-10,13-14H2,1H3,(H,24,28)(H,25,26,29). The number of aromatic amines is 1. The van der Waals surface area contributed by atoms with E-state index in [0.29, 0.717) is 24.7 Å². The fourth-order valence-corrected chi connectivity index (χ4v) is 3.82. The van der Waals surface area contributed by atoms with Crippen LogP contribution in [0.2, 0.25) is 0 Å². The zero-order valence-corrected chi connectivity index (χ0v) is 16.5. The second kappa shape index (κ2) is 8.43. The number of hydrogen-bond donors (Lipinski definition) is 2. The Morgan fingerprint density at radius 3 is 2.79 bits per heavy atom. The number of H-pyrrole nitrogens is 1. The summed E-state index contributed by atoms with van der Waals surface area (Å²) in [7, 11) is 0. The van der Waals surface area contributed by atoms with Gasteiger partial charge in [-0.3, -0.25) is 9.59 Å². The minimum absolute atomic E-state index is 0.0183. The molecule has 7 nitrogen and oxygen atoms in total. The molecule has 1 unspecified atom stereocenters. The Bertz CT molecular complexity index is 1050. The van der Waals surface area contributed by atoms with Crippen molar-refractivity contribution in [2.45, 2.75) is 39.2 Å². The molecule has 0 spiro atoms. The van der Waals surface area contributed by atoms with Crippen molar-refractivity contribution in [3.8, 4) is 11.4 Å². The highest BCUT2D eigenvalue weighted by atomic mass is 16.2. The van der Waals surface area contributed by atoms with Crippen LogP contribution in [0.1, 0.15) is 29.9 Å². The molecule has 150 valence electrons. The van der Waals surface area contributed by atoms with Crippen LogP contribution in [-0.4, -0.2) is 32.0 Å². The van der Waals surface area contributed by atoms with E-state index in [1.807, 2.05) is 41.8 Å². The Morgan fingerprint density at radius 1 is 1.24 bits per heavy atom. The normalized spacial score (nSPS) is 16.1. The lowest BCUT2D eigenvalue weighted by Gasteiger charge is -2.15. The number of aryl methyl sites for hydroxylation is 2. The summed E-state index contributed by atoms with van der Waals surface area (Å²) in [6.07, 6.45) is 6.71. The first-order chi connectivity index (χ1) is 14.1. The fourth-order valence-electron chi connectivity index (χ4n) is 3.82. The Kier molecular flexibility index (Phi) is 5.55. The van der Waals surface area contributed by atoms with Gasteiger partial charge in [0.2, 0.25) is 5.91 Å². The van der Waals surface area contributed by atoms with Crippen LogP contribution in [0.5, 0.6) is 0 Å². The largest absolute Gasteiger partial charge is 0.354 e. The molecule has 1 amide bonds. The molecule has 1 aliphatic carbocycles. The molecule has 0 saturated heterocycles. The summed E-state index contributed by atoms with van der Waals surface area (Å²) >= 11 is 0. The minimum atomic E-state index is -0.0471. The van der Waals surface area contributed by atoms with Gasteiger partial charge in [0.25, 0.3) is 5.56 Å². The second-order valence-corrected chi connectivity index (χ2v) is 7.56. The molecule has 0 bridgehead atoms. The molecule has 0 aliphatic heterocycles. The van der Waals surface area contributed by atoms with Gasteiger partial charge in [0.15, 0.2) is 0 Å². The van der Waals surface area contributed by atoms with Crippen LogP contribution in [0, 0.1) is 12.8 Å². The van der Waals surface area contributed by atoms with Crippen LogP contribution < -0.4 is 10.9 Å². The SMILES string of the molecule is Cc1nccn1CC(=O)NCC1CCc2nc(-c3ccccc3)[nH]c(=O)c2CC1. The van der Waals surface area contributed by atoms with Crippen LogP contribution >= 0.6 is 0 Å². The highest BCUT2D eigenvalue weighted by Gasteiger charge is 2.21. The van der Waals surface area contributed by atoms with Crippen molar-refractivity contribution >= 4 is 5.91 Å². The predicted molar refractivity (Wildman–Crippen MR) is 110 cm³/mol. The molecule has 29 heavy (non-hydrogen) atoms. The van der Waals surface area contributed by atoms with E-state index in [0.717, 1.165) is 41.9 Å². The van der Waals surface area contributed by atoms with Crippen LogP contribution in [0.25, 0.3) is 11.4 Å². The topological polar surface area (TPSA) is 92.7 Å². The highest BCUT2D eigenvalue weighted by molar-refractivity contribution is 5.75. The van der Waals surface area contributed by atoms with Gasteiger partial charge in [-0.15, -0.1) is 0 Å². The van der Waals surface area contributed by atoms with Crippen molar-refractivity contribution in [3.05, 3.63) is 70.2 Å². The number of benzene rings is 1. The molecular weight excluding hydrogens is 366 g/mol. The molecule has 0 saturated carbocycles. The summed E-state index contributed by atoms with van der Waals surface area (Å²) in [6, 6.07) is 9.71. The molecule has 2 heterocycles. The van der Waals surface area contributed by atoms with Crippen LogP contribution in [0.15, 0.2) is 47.5 Å². The molecule has 0 radical (unpaired) electrons. The Hall–Kier alpha value is -3.22. The molecule has 1 aromatic carbocycles. The summed E-state index contributed by atoms with van der Waals surface area (Å²) in [5, 5.41) is 3.03. The van der Waals surface area contributed by atoms with Gasteiger partial charge in [0.1, 0.15) is 18.2 Å². The quantitative estimate of drug-likeness (QED) is 0.653. The van der Waals surface area contributed by atoms with Crippen molar-refractivity contribution in [2.24, 2.45) is 5.92 Å². The average Bonchev–Trinajstić information content (AvgIpc) is 3.00. The maximum Gasteiger partial charge on any atom is 0.254 e. The van der Waals surface area contributed by atoms with E-state index in [1.165, 1.54) is 0 Å². The van der Waals surface area contributed by atoms with E-state index in [2.05, 4.69) is 15.3 Å². The molecule has 1 atom stereocenters. The number of fused-ring (bicyclic) bond motifs is 1. The van der Waals surface area contributed by atoms with Crippen LogP contribution in [0.3, 0.4) is 0 Å². The highest BCUT2D eigenvalue weighted by Crippen LogP contribution is 2.23. The van der Waals surface area contributed by atoms with E-state index in [4.69, 9.17) is 4.98 Å². The number of amides is 1. The van der Waals surface area contributed by atoms with Gasteiger partial charge in [-0.05, 0) is 38.5 Å². The van der Waals surface area contributed by atoms with Crippen molar-refractivity contribution in [1.82, 2.24) is 24.8 Å². The summed E-state index contributed by atoms with van der Waals surface area (Å²) in [6.45, 7) is 2.77. The van der Waals surface area contributed by atoms with E-state index in [-0.39, 0.29) is 18.0 Å². The average molecular weight is 391 g/mol. The van der Waals surface area contributed by atoms with Gasteiger partial charge in [-0.2, -0.15) is 0 Å². The van der Waals surface area contributed by atoms with E-state index in [1.54, 1.807) is 12.4 Å². The van der Waals surface area contributed by atoms with Crippen molar-refractivity contribution in [1.29, 1.82) is 0 Å². The summed E-state index contributed by atoms with van der Waals surface area (Å²) < 4.78 is 1.83. The Balaban J connectivity index is 1.39. The molecule has 7 heteroatoms. The lowest BCUT2D eigenvalue weighted by molar-refractivity contribution is -0.121. The second-order valence-electron chi connectivity index (χ2n) is 7.56. The van der Waals surface area contributed by atoms with E-state index >= 15 is 0 Å². The zero-order chi connectivity index (χ0) is 20.2. The number of aromatic nitrogens is 4. The van der Waals surface area contributed by atoms with Gasteiger partial charge >= 0.3 is 0 Å². The molecule has 0 fully saturated rings. The van der Waals surface area contributed by atoms with Gasteiger partial charge in [0.05, 0.1) is 5.69 Å². The van der Waals surface area contributed by atoms with Crippen LogP contribution in [-0.2, 0) is 24.2 Å². The monoisotopic (exact) mass is 391 g/mol. The smallest absolute Gasteiger partial charge is 0.254 e. The zero-order valence-electron chi connectivity index (χ0n) is 16.5. The predicted octanol–water partition coefficient (Wildman–Crippen LogP) is 2.25. The fraction of sp³-hybridized carbons (Fsp3) is 0.364. The summed E-state index contributed by atoms with van der Waals surface area (Å²) in [5.74, 6) is 1.76. The number of rotatable bonds is 5. The maximum absolute atomic E-state index is 12.6. The van der Waals surface area contributed by atoms with Gasteiger partial charge in [0, 0.05) is 30.1 Å². The number of hydrogen-bond acceptors (Lipinski definition) is 4. The van der Waals surface area contributed by atoms with E-state index in [9.17, 15) is 9.59 Å². The Labute approximate surface area is 169 Å². The lowest BCUT2D eigenvalue weighted by atomic mass is 10.00. The summed E-state index contributed by atoms with van der Waals surface area (Å²) in [4.78, 5) is 36.7. The van der Waals surface area contributed by atoms with Gasteiger partial charge in [-0.25, -0.2) is 9.97 Å². The number of nitrogens with zero attached hydrogens (tertiary/aromatic N) is 3.